The van der Waals surface area contributed by atoms with Crippen LogP contribution in [0.15, 0.2) is 52.3 Å². The second-order valence-corrected chi connectivity index (χ2v) is 12.3. The van der Waals surface area contributed by atoms with E-state index < -0.39 is 30.4 Å². The Labute approximate surface area is 252 Å². The van der Waals surface area contributed by atoms with E-state index in [1.807, 2.05) is 13.8 Å². The van der Waals surface area contributed by atoms with Crippen molar-refractivity contribution in [2.75, 3.05) is 19.6 Å². The zero-order valence-electron chi connectivity index (χ0n) is 23.2. The van der Waals surface area contributed by atoms with Gasteiger partial charge in [-0.2, -0.15) is 13.2 Å². The van der Waals surface area contributed by atoms with Gasteiger partial charge in [-0.3, -0.25) is 23.8 Å². The third-order valence-electron chi connectivity index (χ3n) is 7.37. The summed E-state index contributed by atoms with van der Waals surface area (Å²) in [7, 11) is 0. The van der Waals surface area contributed by atoms with Gasteiger partial charge in [-0.25, -0.2) is 13.6 Å². The fourth-order valence-corrected chi connectivity index (χ4v) is 6.84. The SMILES string of the molecule is Cc1cc(Cl)cc(-c2ccnc3cc(Cn4c(=O)ccn(CC(F)(F)F)c4=O)sc23)c1O[C@@H]1CCN(CC(F)F)C[C@@H]1C. The molecule has 1 fully saturated rings. The van der Waals surface area contributed by atoms with E-state index in [-0.39, 0.29) is 25.1 Å². The minimum absolute atomic E-state index is 0.00759. The molecule has 1 saturated heterocycles. The number of rotatable bonds is 8. The quantitative estimate of drug-likeness (QED) is 0.214. The van der Waals surface area contributed by atoms with Gasteiger partial charge in [0, 0.05) is 58.5 Å². The van der Waals surface area contributed by atoms with Gasteiger partial charge in [0.05, 0.1) is 23.3 Å². The Morgan fingerprint density at radius 2 is 1.93 bits per heavy atom. The maximum atomic E-state index is 12.9. The van der Waals surface area contributed by atoms with Gasteiger partial charge in [0.15, 0.2) is 0 Å². The lowest BCUT2D eigenvalue weighted by Gasteiger charge is -2.37. The van der Waals surface area contributed by atoms with E-state index >= 15 is 0 Å². The van der Waals surface area contributed by atoms with Gasteiger partial charge in [0.1, 0.15) is 18.4 Å². The maximum Gasteiger partial charge on any atom is 0.406 e. The van der Waals surface area contributed by atoms with E-state index in [4.69, 9.17) is 16.3 Å². The van der Waals surface area contributed by atoms with E-state index in [2.05, 4.69) is 4.98 Å². The van der Waals surface area contributed by atoms with Crippen LogP contribution in [0, 0.1) is 12.8 Å². The molecule has 0 N–H and O–H groups in total. The summed E-state index contributed by atoms with van der Waals surface area (Å²) in [6.07, 6.45) is -4.23. The number of ether oxygens (including phenoxy) is 1. The number of hydrogen-bond acceptors (Lipinski definition) is 6. The van der Waals surface area contributed by atoms with Gasteiger partial charge in [-0.15, -0.1) is 11.3 Å². The number of piperidine rings is 1. The molecular formula is C29H28ClF5N4O3S. The van der Waals surface area contributed by atoms with E-state index in [9.17, 15) is 31.5 Å². The Bertz CT molecular complexity index is 1750. The van der Waals surface area contributed by atoms with Gasteiger partial charge in [-0.05, 0) is 43.2 Å². The number of alkyl halides is 5. The summed E-state index contributed by atoms with van der Waals surface area (Å²) in [5.74, 6) is 0.590. The van der Waals surface area contributed by atoms with Crippen molar-refractivity contribution in [1.82, 2.24) is 19.0 Å². The summed E-state index contributed by atoms with van der Waals surface area (Å²) < 4.78 is 73.2. The molecule has 0 radical (unpaired) electrons. The molecule has 0 aliphatic carbocycles. The number of benzene rings is 1. The van der Waals surface area contributed by atoms with Crippen molar-refractivity contribution in [3.8, 4) is 16.9 Å². The molecule has 0 saturated carbocycles. The predicted octanol–water partition coefficient (Wildman–Crippen LogP) is 6.21. The van der Waals surface area contributed by atoms with Gasteiger partial charge in [-0.1, -0.05) is 18.5 Å². The fourth-order valence-electron chi connectivity index (χ4n) is 5.43. The first-order valence-corrected chi connectivity index (χ1v) is 14.7. The highest BCUT2D eigenvalue weighted by Gasteiger charge is 2.31. The van der Waals surface area contributed by atoms with E-state index in [1.54, 1.807) is 35.4 Å². The Balaban J connectivity index is 1.49. The summed E-state index contributed by atoms with van der Waals surface area (Å²) in [6, 6.07) is 7.96. The second kappa shape index (κ2) is 12.4. The van der Waals surface area contributed by atoms with Gasteiger partial charge >= 0.3 is 11.9 Å². The minimum atomic E-state index is -4.63. The van der Waals surface area contributed by atoms with Crippen LogP contribution in [0.1, 0.15) is 23.8 Å². The van der Waals surface area contributed by atoms with Crippen LogP contribution >= 0.6 is 22.9 Å². The number of fused-ring (bicyclic) bond motifs is 1. The molecule has 0 unspecified atom stereocenters. The van der Waals surface area contributed by atoms with Gasteiger partial charge in [0.2, 0.25) is 0 Å². The molecule has 7 nitrogen and oxygen atoms in total. The Morgan fingerprint density at radius 1 is 1.16 bits per heavy atom. The molecule has 2 atom stereocenters. The lowest BCUT2D eigenvalue weighted by atomic mass is 9.95. The molecule has 1 aliphatic rings. The number of aromatic nitrogens is 3. The average molecular weight is 643 g/mol. The Hall–Kier alpha value is -3.29. The molecule has 4 aromatic rings. The van der Waals surface area contributed by atoms with Crippen molar-refractivity contribution in [1.29, 1.82) is 0 Å². The molecule has 230 valence electrons. The molecule has 4 heterocycles. The summed E-state index contributed by atoms with van der Waals surface area (Å²) >= 11 is 7.72. The van der Waals surface area contributed by atoms with Crippen LogP contribution in [-0.2, 0) is 13.1 Å². The molecule has 0 amide bonds. The first-order valence-electron chi connectivity index (χ1n) is 13.5. The van der Waals surface area contributed by atoms with Crippen LogP contribution in [0.4, 0.5) is 22.0 Å². The van der Waals surface area contributed by atoms with Crippen molar-refractivity contribution in [2.24, 2.45) is 5.92 Å². The molecule has 5 rings (SSSR count). The molecule has 0 bridgehead atoms. The van der Waals surface area contributed by atoms with Crippen molar-refractivity contribution in [3.63, 3.8) is 0 Å². The monoisotopic (exact) mass is 642 g/mol. The normalized spacial score (nSPS) is 18.1. The average Bonchev–Trinajstić information content (AvgIpc) is 3.33. The molecular weight excluding hydrogens is 615 g/mol. The lowest BCUT2D eigenvalue weighted by Crippen LogP contribution is -2.46. The smallest absolute Gasteiger partial charge is 0.406 e. The van der Waals surface area contributed by atoms with Crippen molar-refractivity contribution in [3.05, 3.63) is 79.0 Å². The number of aryl methyl sites for hydroxylation is 1. The predicted molar refractivity (Wildman–Crippen MR) is 156 cm³/mol. The van der Waals surface area contributed by atoms with Crippen LogP contribution in [-0.4, -0.2) is 57.4 Å². The molecule has 3 aromatic heterocycles. The number of pyridine rings is 1. The molecule has 43 heavy (non-hydrogen) atoms. The van der Waals surface area contributed by atoms with Crippen molar-refractivity contribution < 1.29 is 26.7 Å². The minimum Gasteiger partial charge on any atom is -0.489 e. The number of thiophene rings is 1. The summed E-state index contributed by atoms with van der Waals surface area (Å²) in [4.78, 5) is 31.9. The molecule has 14 heteroatoms. The van der Waals surface area contributed by atoms with E-state index in [0.29, 0.717) is 55.5 Å². The van der Waals surface area contributed by atoms with Crippen LogP contribution in [0.5, 0.6) is 5.75 Å². The van der Waals surface area contributed by atoms with Crippen LogP contribution in [0.2, 0.25) is 5.02 Å². The van der Waals surface area contributed by atoms with Crippen LogP contribution in [0.3, 0.4) is 0 Å². The third-order valence-corrected chi connectivity index (χ3v) is 8.73. The van der Waals surface area contributed by atoms with Crippen LogP contribution < -0.4 is 16.0 Å². The summed E-state index contributed by atoms with van der Waals surface area (Å²) in [5, 5.41) is 0.474. The van der Waals surface area contributed by atoms with Crippen molar-refractivity contribution in [2.45, 2.75) is 52.1 Å². The molecule has 1 aliphatic heterocycles. The Morgan fingerprint density at radius 3 is 2.63 bits per heavy atom. The number of halogens is 6. The molecule has 1 aromatic carbocycles. The number of nitrogens with zero attached hydrogens (tertiary/aromatic N) is 4. The molecule has 0 spiro atoms. The topological polar surface area (TPSA) is 69.4 Å². The highest BCUT2D eigenvalue weighted by molar-refractivity contribution is 7.19. The first-order chi connectivity index (χ1) is 20.3. The van der Waals surface area contributed by atoms with E-state index in [1.165, 1.54) is 11.3 Å². The Kier molecular flexibility index (Phi) is 8.96. The number of likely N-dealkylation sites (tertiary alicyclic amines) is 1. The van der Waals surface area contributed by atoms with Crippen LogP contribution in [0.25, 0.3) is 21.3 Å². The lowest BCUT2D eigenvalue weighted by molar-refractivity contribution is -0.141. The largest absolute Gasteiger partial charge is 0.489 e. The zero-order chi connectivity index (χ0) is 31.1. The second-order valence-electron chi connectivity index (χ2n) is 10.7. The standard InChI is InChI=1S/C29H28ClF5N4O3S/c1-16-9-18(30)10-21(26(16)42-23-4-7-37(12-17(23)2)14-24(31)32)20-3-6-36-22-11-19(43-27(20)22)13-39-25(40)5-8-38(28(39)41)15-29(33,34)35/h3,5-6,8-11,17,23-24H,4,7,12-15H2,1-2H3/t17-,23+/m0/s1. The van der Waals surface area contributed by atoms with Gasteiger partial charge < -0.3 is 4.74 Å². The zero-order valence-corrected chi connectivity index (χ0v) is 24.8. The van der Waals surface area contributed by atoms with Gasteiger partial charge in [0.25, 0.3) is 12.0 Å². The summed E-state index contributed by atoms with van der Waals surface area (Å²) in [6.45, 7) is 2.79. The maximum absolute atomic E-state index is 12.9. The summed E-state index contributed by atoms with van der Waals surface area (Å²) in [5.41, 5.74) is 0.994. The number of hydrogen-bond donors (Lipinski definition) is 0. The first kappa shape index (κ1) is 31.1. The van der Waals surface area contributed by atoms with E-state index in [0.717, 1.165) is 28.0 Å². The highest BCUT2D eigenvalue weighted by Crippen LogP contribution is 2.42. The van der Waals surface area contributed by atoms with Crippen molar-refractivity contribution >= 4 is 33.2 Å². The third kappa shape index (κ3) is 7.10. The fraction of sp³-hybridized carbons (Fsp3) is 0.414. The highest BCUT2D eigenvalue weighted by atomic mass is 35.5.